The highest BCUT2D eigenvalue weighted by molar-refractivity contribution is 7.88. The van der Waals surface area contributed by atoms with E-state index < -0.39 is 10.0 Å². The van der Waals surface area contributed by atoms with Gasteiger partial charge in [-0.1, -0.05) is 29.8 Å². The molecule has 1 amide bonds. The Kier molecular flexibility index (Phi) is 6.81. The Hall–Kier alpha value is -1.89. The van der Waals surface area contributed by atoms with Crippen LogP contribution in [0.3, 0.4) is 0 Å². The summed E-state index contributed by atoms with van der Waals surface area (Å²) in [4.78, 5) is 12.3. The molecule has 0 spiro atoms. The molecule has 140 valence electrons. The van der Waals surface area contributed by atoms with Gasteiger partial charge in [0.15, 0.2) is 0 Å². The zero-order chi connectivity index (χ0) is 19.3. The predicted octanol–water partition coefficient (Wildman–Crippen LogP) is 3.40. The van der Waals surface area contributed by atoms with Crippen LogP contribution < -0.4 is 5.32 Å². The first-order valence-corrected chi connectivity index (χ1v) is 10.4. The summed E-state index contributed by atoms with van der Waals surface area (Å²) >= 11 is 5.86. The molecule has 0 saturated heterocycles. The Labute approximate surface area is 160 Å². The summed E-state index contributed by atoms with van der Waals surface area (Å²) in [7, 11) is -3.50. The Morgan fingerprint density at radius 1 is 1.08 bits per heavy atom. The molecule has 0 aliphatic carbocycles. The average molecular weight is 395 g/mol. The number of nitrogens with zero attached hydrogens (tertiary/aromatic N) is 1. The second kappa shape index (κ2) is 8.66. The number of anilines is 1. The smallest absolute Gasteiger partial charge is 0.239 e. The molecule has 0 unspecified atom stereocenters. The highest BCUT2D eigenvalue weighted by atomic mass is 35.5. The number of carbonyl (C=O) groups is 1. The molecule has 2 rings (SSSR count). The van der Waals surface area contributed by atoms with Gasteiger partial charge in [0.1, 0.15) is 0 Å². The summed E-state index contributed by atoms with van der Waals surface area (Å²) in [5.41, 5.74) is 3.68. The molecule has 0 bridgehead atoms. The van der Waals surface area contributed by atoms with Crippen LogP contribution in [-0.2, 0) is 21.2 Å². The van der Waals surface area contributed by atoms with Gasteiger partial charge in [0.2, 0.25) is 15.9 Å². The van der Waals surface area contributed by atoms with Crippen molar-refractivity contribution in [2.24, 2.45) is 0 Å². The van der Waals surface area contributed by atoms with Crippen LogP contribution in [0.2, 0.25) is 5.02 Å². The standard InChI is InChI=1S/C19H23ClN2O3S/c1-14-10-15(2)12-18(11-14)21-19(23)13-22(26(3,24)25)9-8-16-4-6-17(20)7-5-16/h4-7,10-12H,8-9,13H2,1-3H3,(H,21,23). The summed E-state index contributed by atoms with van der Waals surface area (Å²) in [6.07, 6.45) is 1.61. The van der Waals surface area contributed by atoms with Crippen LogP contribution in [-0.4, -0.2) is 38.0 Å². The molecule has 0 aliphatic rings. The third-order valence-electron chi connectivity index (χ3n) is 3.86. The van der Waals surface area contributed by atoms with Gasteiger partial charge in [0.05, 0.1) is 12.8 Å². The van der Waals surface area contributed by atoms with Gasteiger partial charge in [0, 0.05) is 17.3 Å². The van der Waals surface area contributed by atoms with Crippen molar-refractivity contribution in [2.45, 2.75) is 20.3 Å². The molecule has 0 heterocycles. The van der Waals surface area contributed by atoms with Gasteiger partial charge >= 0.3 is 0 Å². The number of aryl methyl sites for hydroxylation is 2. The van der Waals surface area contributed by atoms with Crippen molar-refractivity contribution in [1.82, 2.24) is 4.31 Å². The van der Waals surface area contributed by atoms with Crippen LogP contribution in [0.15, 0.2) is 42.5 Å². The average Bonchev–Trinajstić information content (AvgIpc) is 2.50. The van der Waals surface area contributed by atoms with Crippen molar-refractivity contribution < 1.29 is 13.2 Å². The van der Waals surface area contributed by atoms with Gasteiger partial charge < -0.3 is 5.32 Å². The van der Waals surface area contributed by atoms with Crippen molar-refractivity contribution in [1.29, 1.82) is 0 Å². The third kappa shape index (κ3) is 6.44. The van der Waals surface area contributed by atoms with Crippen molar-refractivity contribution in [2.75, 3.05) is 24.7 Å². The van der Waals surface area contributed by atoms with Crippen molar-refractivity contribution in [3.63, 3.8) is 0 Å². The fourth-order valence-corrected chi connectivity index (χ4v) is 3.58. The minimum atomic E-state index is -3.50. The molecule has 7 heteroatoms. The Balaban J connectivity index is 2.02. The highest BCUT2D eigenvalue weighted by Gasteiger charge is 2.20. The third-order valence-corrected chi connectivity index (χ3v) is 5.36. The molecule has 5 nitrogen and oxygen atoms in total. The first-order valence-electron chi connectivity index (χ1n) is 8.21. The van der Waals surface area contributed by atoms with Gasteiger partial charge in [-0.2, -0.15) is 4.31 Å². The van der Waals surface area contributed by atoms with Crippen LogP contribution in [0.25, 0.3) is 0 Å². The normalized spacial score (nSPS) is 11.6. The lowest BCUT2D eigenvalue weighted by atomic mass is 10.1. The first-order chi connectivity index (χ1) is 12.1. The van der Waals surface area contributed by atoms with Gasteiger partial charge in [-0.3, -0.25) is 4.79 Å². The lowest BCUT2D eigenvalue weighted by molar-refractivity contribution is -0.116. The molecule has 0 saturated carbocycles. The SMILES string of the molecule is Cc1cc(C)cc(NC(=O)CN(CCc2ccc(Cl)cc2)S(C)(=O)=O)c1. The van der Waals surface area contributed by atoms with Crippen molar-refractivity contribution in [3.8, 4) is 0 Å². The number of halogens is 1. The predicted molar refractivity (Wildman–Crippen MR) is 106 cm³/mol. The molecule has 0 aromatic heterocycles. The quantitative estimate of drug-likeness (QED) is 0.782. The topological polar surface area (TPSA) is 66.5 Å². The highest BCUT2D eigenvalue weighted by Crippen LogP contribution is 2.14. The van der Waals surface area contributed by atoms with E-state index in [4.69, 9.17) is 11.6 Å². The van der Waals surface area contributed by atoms with E-state index in [1.165, 1.54) is 4.31 Å². The van der Waals surface area contributed by atoms with E-state index in [2.05, 4.69) is 5.32 Å². The zero-order valence-electron chi connectivity index (χ0n) is 15.1. The minimum Gasteiger partial charge on any atom is -0.325 e. The molecule has 2 aromatic rings. The Bertz CT molecular complexity index is 860. The molecule has 0 aliphatic heterocycles. The number of benzene rings is 2. The number of sulfonamides is 1. The summed E-state index contributed by atoms with van der Waals surface area (Å²) in [5, 5.41) is 3.40. The van der Waals surface area contributed by atoms with Gasteiger partial charge in [0.25, 0.3) is 0 Å². The Morgan fingerprint density at radius 2 is 1.65 bits per heavy atom. The maximum absolute atomic E-state index is 12.3. The monoisotopic (exact) mass is 394 g/mol. The van der Waals surface area contributed by atoms with Crippen LogP contribution in [0.1, 0.15) is 16.7 Å². The molecule has 26 heavy (non-hydrogen) atoms. The molecular weight excluding hydrogens is 372 g/mol. The van der Waals surface area contributed by atoms with Crippen molar-refractivity contribution >= 4 is 33.2 Å². The van der Waals surface area contributed by atoms with E-state index in [9.17, 15) is 13.2 Å². The molecule has 0 radical (unpaired) electrons. The van der Waals surface area contributed by atoms with E-state index in [1.54, 1.807) is 12.1 Å². The first kappa shape index (κ1) is 20.4. The number of nitrogens with one attached hydrogen (secondary N) is 1. The van der Waals surface area contributed by atoms with Crippen molar-refractivity contribution in [3.05, 3.63) is 64.2 Å². The molecule has 0 fully saturated rings. The lowest BCUT2D eigenvalue weighted by Gasteiger charge is -2.19. The molecular formula is C19H23ClN2O3S. The zero-order valence-corrected chi connectivity index (χ0v) is 16.7. The molecule has 0 atom stereocenters. The summed E-state index contributed by atoms with van der Waals surface area (Å²) in [5.74, 6) is -0.364. The van der Waals surface area contributed by atoms with E-state index in [-0.39, 0.29) is 19.0 Å². The lowest BCUT2D eigenvalue weighted by Crippen LogP contribution is -2.38. The van der Waals surface area contributed by atoms with Gasteiger partial charge in [-0.15, -0.1) is 0 Å². The van der Waals surface area contributed by atoms with E-state index in [0.29, 0.717) is 17.1 Å². The number of amides is 1. The van der Waals surface area contributed by atoms with Crippen LogP contribution in [0, 0.1) is 13.8 Å². The van der Waals surface area contributed by atoms with Gasteiger partial charge in [-0.25, -0.2) is 8.42 Å². The van der Waals surface area contributed by atoms with Crippen LogP contribution in [0.5, 0.6) is 0 Å². The number of hydrogen-bond donors (Lipinski definition) is 1. The number of rotatable bonds is 7. The van der Waals surface area contributed by atoms with Crippen LogP contribution in [0.4, 0.5) is 5.69 Å². The molecule has 1 N–H and O–H groups in total. The maximum Gasteiger partial charge on any atom is 0.239 e. The van der Waals surface area contributed by atoms with E-state index >= 15 is 0 Å². The number of hydrogen-bond acceptors (Lipinski definition) is 3. The summed E-state index contributed by atoms with van der Waals surface area (Å²) < 4.78 is 25.2. The molecule has 2 aromatic carbocycles. The van der Waals surface area contributed by atoms with Gasteiger partial charge in [-0.05, 0) is 61.2 Å². The number of carbonyl (C=O) groups excluding carboxylic acids is 1. The van der Waals surface area contributed by atoms with Crippen LogP contribution >= 0.6 is 11.6 Å². The Morgan fingerprint density at radius 3 is 2.19 bits per heavy atom. The van der Waals surface area contributed by atoms with E-state index in [1.807, 2.05) is 44.2 Å². The summed E-state index contributed by atoms with van der Waals surface area (Å²) in [6, 6.07) is 12.9. The minimum absolute atomic E-state index is 0.223. The van der Waals surface area contributed by atoms with E-state index in [0.717, 1.165) is 22.9 Å². The second-order valence-electron chi connectivity index (χ2n) is 6.40. The second-order valence-corrected chi connectivity index (χ2v) is 8.82. The fraction of sp³-hybridized carbons (Fsp3) is 0.316. The largest absolute Gasteiger partial charge is 0.325 e. The fourth-order valence-electron chi connectivity index (χ4n) is 2.67. The maximum atomic E-state index is 12.3. The summed E-state index contributed by atoms with van der Waals surface area (Å²) in [6.45, 7) is 3.88.